The van der Waals surface area contributed by atoms with Gasteiger partial charge in [-0.05, 0) is 55.7 Å². The third kappa shape index (κ3) is 5.99. The zero-order valence-corrected chi connectivity index (χ0v) is 24.0. The van der Waals surface area contributed by atoms with Gasteiger partial charge in [0.2, 0.25) is 17.7 Å². The minimum Gasteiger partial charge on any atom is -0.408 e. The van der Waals surface area contributed by atoms with E-state index in [0.717, 1.165) is 37.0 Å². The van der Waals surface area contributed by atoms with Crippen LogP contribution in [-0.4, -0.2) is 76.4 Å². The summed E-state index contributed by atoms with van der Waals surface area (Å²) in [4.78, 5) is 56.9. The highest BCUT2D eigenvalue weighted by Crippen LogP contribution is 2.36. The number of likely N-dealkylation sites (tertiary alicyclic amines) is 1. The highest BCUT2D eigenvalue weighted by Gasteiger charge is 2.44. The number of hydrogen-bond donors (Lipinski definition) is 2. The van der Waals surface area contributed by atoms with Gasteiger partial charge in [0, 0.05) is 51.6 Å². The summed E-state index contributed by atoms with van der Waals surface area (Å²) in [6.45, 7) is 5.18. The number of aromatic nitrogens is 1. The molecule has 10 heteroatoms. The number of rotatable bonds is 5. The van der Waals surface area contributed by atoms with Crippen molar-refractivity contribution in [2.24, 2.45) is 11.8 Å². The summed E-state index contributed by atoms with van der Waals surface area (Å²) < 4.78 is 7.12. The average Bonchev–Trinajstić information content (AvgIpc) is 3.30. The first kappa shape index (κ1) is 28.2. The minimum absolute atomic E-state index is 0.0196. The summed E-state index contributed by atoms with van der Waals surface area (Å²) in [6, 6.07) is 15.8. The second-order valence-electron chi connectivity index (χ2n) is 12.1. The van der Waals surface area contributed by atoms with Crippen LogP contribution in [0.5, 0.6) is 0 Å². The van der Waals surface area contributed by atoms with Gasteiger partial charge in [0.1, 0.15) is 12.1 Å². The van der Waals surface area contributed by atoms with Crippen molar-refractivity contribution in [1.82, 2.24) is 25.0 Å². The smallest absolute Gasteiger partial charge is 0.408 e. The van der Waals surface area contributed by atoms with E-state index in [2.05, 4.69) is 15.5 Å². The van der Waals surface area contributed by atoms with E-state index in [1.54, 1.807) is 11.5 Å². The Morgan fingerprint density at radius 2 is 1.69 bits per heavy atom. The zero-order valence-electron chi connectivity index (χ0n) is 24.0. The molecular weight excluding hydrogens is 534 g/mol. The molecule has 10 nitrogen and oxygen atoms in total. The lowest BCUT2D eigenvalue weighted by molar-refractivity contribution is -0.146. The molecule has 4 heterocycles. The quantitative estimate of drug-likeness (QED) is 0.483. The lowest BCUT2D eigenvalue weighted by Crippen LogP contribution is -2.63. The van der Waals surface area contributed by atoms with Crippen molar-refractivity contribution >= 4 is 28.8 Å². The van der Waals surface area contributed by atoms with Crippen LogP contribution in [0.4, 0.5) is 0 Å². The summed E-state index contributed by atoms with van der Waals surface area (Å²) in [5, 5.41) is 5.77. The van der Waals surface area contributed by atoms with Crippen molar-refractivity contribution < 1.29 is 18.8 Å². The van der Waals surface area contributed by atoms with E-state index in [1.807, 2.05) is 59.5 Å². The van der Waals surface area contributed by atoms with E-state index >= 15 is 0 Å². The molecular formula is C32H39N5O5. The van der Waals surface area contributed by atoms with Gasteiger partial charge in [-0.25, -0.2) is 4.79 Å². The average molecular weight is 574 g/mol. The number of para-hydroxylation sites is 2. The van der Waals surface area contributed by atoms with E-state index in [4.69, 9.17) is 4.42 Å². The van der Waals surface area contributed by atoms with E-state index in [1.165, 1.54) is 0 Å². The van der Waals surface area contributed by atoms with E-state index in [-0.39, 0.29) is 35.4 Å². The molecule has 3 aliphatic rings. The van der Waals surface area contributed by atoms with Gasteiger partial charge in [0.15, 0.2) is 5.58 Å². The fraction of sp³-hybridized carbons (Fsp3) is 0.500. The summed E-state index contributed by atoms with van der Waals surface area (Å²) in [5.41, 5.74) is 2.37. The number of amides is 3. The number of nitrogens with zero attached hydrogens (tertiary/aromatic N) is 3. The molecule has 0 radical (unpaired) electrons. The Bertz CT molecular complexity index is 1500. The number of oxazole rings is 1. The molecule has 1 aromatic heterocycles. The Labute approximate surface area is 245 Å². The number of benzene rings is 2. The highest BCUT2D eigenvalue weighted by atomic mass is 16.4. The van der Waals surface area contributed by atoms with E-state index in [0.29, 0.717) is 50.4 Å². The highest BCUT2D eigenvalue weighted by molar-refractivity contribution is 5.92. The van der Waals surface area contributed by atoms with Crippen molar-refractivity contribution in [3.63, 3.8) is 0 Å². The molecule has 222 valence electrons. The first-order chi connectivity index (χ1) is 20.4. The van der Waals surface area contributed by atoms with Crippen LogP contribution >= 0.6 is 0 Å². The summed E-state index contributed by atoms with van der Waals surface area (Å²) >= 11 is 0. The van der Waals surface area contributed by atoms with Crippen molar-refractivity contribution in [2.45, 2.75) is 63.7 Å². The van der Waals surface area contributed by atoms with Gasteiger partial charge in [-0.3, -0.25) is 19.0 Å². The van der Waals surface area contributed by atoms with Crippen LogP contribution in [0, 0.1) is 11.8 Å². The fourth-order valence-electron chi connectivity index (χ4n) is 7.12. The molecule has 5 atom stereocenters. The molecule has 0 saturated carbocycles. The van der Waals surface area contributed by atoms with Crippen molar-refractivity contribution in [1.29, 1.82) is 0 Å². The largest absolute Gasteiger partial charge is 0.419 e. The maximum Gasteiger partial charge on any atom is 0.419 e. The molecule has 3 aliphatic heterocycles. The number of piperidine rings is 2. The zero-order chi connectivity index (χ0) is 29.2. The van der Waals surface area contributed by atoms with Crippen LogP contribution in [0.15, 0.2) is 63.8 Å². The van der Waals surface area contributed by atoms with Crippen molar-refractivity contribution in [3.8, 4) is 0 Å². The topological polar surface area (TPSA) is 117 Å². The Hall–Kier alpha value is -3.92. The Balaban J connectivity index is 1.21. The number of carbonyl (C=O) groups excluding carboxylic acids is 3. The molecule has 3 amide bonds. The van der Waals surface area contributed by atoms with Crippen LogP contribution in [0.1, 0.15) is 38.2 Å². The molecule has 0 spiro atoms. The molecule has 3 saturated heterocycles. The third-order valence-corrected chi connectivity index (χ3v) is 9.11. The van der Waals surface area contributed by atoms with Crippen molar-refractivity contribution in [2.75, 3.05) is 26.2 Å². The first-order valence-electron chi connectivity index (χ1n) is 15.1. The second-order valence-corrected chi connectivity index (χ2v) is 12.1. The van der Waals surface area contributed by atoms with Gasteiger partial charge in [-0.2, -0.15) is 0 Å². The van der Waals surface area contributed by atoms with Gasteiger partial charge in [-0.15, -0.1) is 0 Å². The fourth-order valence-corrected chi connectivity index (χ4v) is 7.12. The summed E-state index contributed by atoms with van der Waals surface area (Å²) in [7, 11) is 0. The maximum absolute atomic E-state index is 14.2. The molecule has 3 fully saturated rings. The summed E-state index contributed by atoms with van der Waals surface area (Å²) in [6.07, 6.45) is 3.12. The second kappa shape index (κ2) is 12.1. The van der Waals surface area contributed by atoms with E-state index < -0.39 is 12.1 Å². The number of carbonyl (C=O) groups is 3. The Morgan fingerprint density at radius 1 is 0.905 bits per heavy atom. The normalized spacial score (nSPS) is 27.5. The SMILES string of the molecule is C[C@H]1NC(=O)CCC[C@H]2[C@@H]3C[C@@H](CN(CCn4c(=O)oc5ccccc54)C3)CN2C(=O)[C@H](Cc2ccccc2)NC1=O. The molecule has 2 bridgehead atoms. The molecule has 2 N–H and O–H groups in total. The van der Waals surface area contributed by atoms with Crippen LogP contribution < -0.4 is 16.4 Å². The molecule has 0 unspecified atom stereocenters. The number of fused-ring (bicyclic) bond motifs is 5. The lowest BCUT2D eigenvalue weighted by Gasteiger charge is -2.51. The maximum atomic E-state index is 14.2. The van der Waals surface area contributed by atoms with Crippen LogP contribution in [0.2, 0.25) is 0 Å². The van der Waals surface area contributed by atoms with Crippen LogP contribution in [0.3, 0.4) is 0 Å². The Morgan fingerprint density at radius 3 is 2.52 bits per heavy atom. The van der Waals surface area contributed by atoms with Crippen molar-refractivity contribution in [3.05, 3.63) is 70.7 Å². The molecule has 6 rings (SSSR count). The third-order valence-electron chi connectivity index (χ3n) is 9.11. The Kier molecular flexibility index (Phi) is 8.15. The van der Waals surface area contributed by atoms with Gasteiger partial charge < -0.3 is 24.9 Å². The van der Waals surface area contributed by atoms with Gasteiger partial charge >= 0.3 is 5.76 Å². The molecule has 2 aromatic carbocycles. The van der Waals surface area contributed by atoms with E-state index in [9.17, 15) is 19.2 Å². The summed E-state index contributed by atoms with van der Waals surface area (Å²) in [5.74, 6) is -0.339. The van der Waals surface area contributed by atoms with Gasteiger partial charge in [0.25, 0.3) is 0 Å². The van der Waals surface area contributed by atoms with Crippen LogP contribution in [-0.2, 0) is 27.3 Å². The van der Waals surface area contributed by atoms with Gasteiger partial charge in [-0.1, -0.05) is 42.5 Å². The first-order valence-corrected chi connectivity index (χ1v) is 15.1. The number of nitrogens with one attached hydrogen (secondary N) is 2. The predicted octanol–water partition coefficient (Wildman–Crippen LogP) is 2.16. The van der Waals surface area contributed by atoms with Crippen LogP contribution in [0.25, 0.3) is 11.1 Å². The minimum atomic E-state index is -0.715. The standard InChI is InChI=1S/C32H39N5O5/c1-21-30(39)34-25(17-22-8-3-2-4-9-22)31(40)37-19-23-16-24(26(37)11-7-13-29(38)33-21)20-35(18-23)14-15-36-27-10-5-6-12-28(27)42-32(36)41/h2-6,8-10,12,21,23-26H,7,11,13-20H2,1H3,(H,33,38)(H,34,39)/t21-,23+,24-,25+,26+/m1/s1. The predicted molar refractivity (Wildman–Crippen MR) is 158 cm³/mol. The molecule has 0 aliphatic carbocycles. The molecule has 42 heavy (non-hydrogen) atoms. The molecule has 3 aromatic rings. The van der Waals surface area contributed by atoms with Gasteiger partial charge in [0.05, 0.1) is 5.52 Å². The number of hydrogen-bond acceptors (Lipinski definition) is 6. The lowest BCUT2D eigenvalue weighted by atomic mass is 9.77. The monoisotopic (exact) mass is 573 g/mol.